The fourth-order valence-corrected chi connectivity index (χ4v) is 2.34. The molecule has 5 heteroatoms. The molecule has 5 nitrogen and oxygen atoms in total. The molecule has 1 fully saturated rings. The summed E-state index contributed by atoms with van der Waals surface area (Å²) in [6.45, 7) is 3.89. The number of aliphatic carboxylic acids is 1. The molecule has 2 rings (SSSR count). The molecule has 0 spiro atoms. The molecule has 20 heavy (non-hydrogen) atoms. The van der Waals surface area contributed by atoms with Crippen molar-refractivity contribution in [3.63, 3.8) is 0 Å². The first-order chi connectivity index (χ1) is 9.47. The highest BCUT2D eigenvalue weighted by Gasteiger charge is 2.35. The number of carbonyl (C=O) groups excluding carboxylic acids is 1. The molecule has 1 aliphatic rings. The summed E-state index contributed by atoms with van der Waals surface area (Å²) in [5.74, 6) is -1.25. The summed E-state index contributed by atoms with van der Waals surface area (Å²) in [6.07, 6.45) is -0.696. The molecule has 1 aromatic carbocycles. The van der Waals surface area contributed by atoms with Crippen molar-refractivity contribution in [3.8, 4) is 0 Å². The van der Waals surface area contributed by atoms with E-state index in [4.69, 9.17) is 9.84 Å². The number of hydrogen-bond donors (Lipinski definition) is 2. The van der Waals surface area contributed by atoms with Gasteiger partial charge in [-0.15, -0.1) is 0 Å². The summed E-state index contributed by atoms with van der Waals surface area (Å²) < 4.78 is 5.23. The first-order valence-corrected chi connectivity index (χ1v) is 6.72. The Kier molecular flexibility index (Phi) is 4.39. The molecule has 1 saturated heterocycles. The van der Waals surface area contributed by atoms with Gasteiger partial charge >= 0.3 is 5.97 Å². The van der Waals surface area contributed by atoms with Crippen molar-refractivity contribution in [2.75, 3.05) is 0 Å². The van der Waals surface area contributed by atoms with E-state index in [1.54, 1.807) is 0 Å². The molecule has 1 amide bonds. The second-order valence-corrected chi connectivity index (χ2v) is 5.17. The van der Waals surface area contributed by atoms with Gasteiger partial charge in [0.05, 0.1) is 6.04 Å². The molecule has 0 radical (unpaired) electrons. The summed E-state index contributed by atoms with van der Waals surface area (Å²) in [5.41, 5.74) is 2.15. The summed E-state index contributed by atoms with van der Waals surface area (Å²) in [5, 5.41) is 11.7. The third kappa shape index (κ3) is 3.36. The Morgan fingerprint density at radius 2 is 2.05 bits per heavy atom. The molecule has 0 saturated carbocycles. The van der Waals surface area contributed by atoms with Gasteiger partial charge in [-0.05, 0) is 32.3 Å². The lowest BCUT2D eigenvalue weighted by Crippen LogP contribution is -2.37. The summed E-state index contributed by atoms with van der Waals surface area (Å²) in [4.78, 5) is 22.8. The number of carboxylic acids is 1. The highest BCUT2D eigenvalue weighted by molar-refractivity contribution is 5.83. The average Bonchev–Trinajstić information content (AvgIpc) is 2.88. The number of ether oxygens (including phenoxy) is 1. The first-order valence-electron chi connectivity index (χ1n) is 6.72. The number of rotatable bonds is 4. The van der Waals surface area contributed by atoms with E-state index in [-0.39, 0.29) is 11.9 Å². The minimum Gasteiger partial charge on any atom is -0.479 e. The Labute approximate surface area is 117 Å². The van der Waals surface area contributed by atoms with Gasteiger partial charge in [-0.2, -0.15) is 0 Å². The molecule has 0 aromatic heterocycles. The Morgan fingerprint density at radius 1 is 1.35 bits per heavy atom. The number of benzene rings is 1. The van der Waals surface area contributed by atoms with Gasteiger partial charge in [0.2, 0.25) is 5.91 Å². The van der Waals surface area contributed by atoms with Gasteiger partial charge in [-0.1, -0.05) is 29.8 Å². The second kappa shape index (κ2) is 6.05. The lowest BCUT2D eigenvalue weighted by atomic mass is 10.1. The SMILES string of the molecule is Cc1cccc([C@@H](C)NC(=O)C2CCC(C(=O)O)O2)c1. The van der Waals surface area contributed by atoms with Crippen molar-refractivity contribution in [2.45, 2.75) is 44.9 Å². The van der Waals surface area contributed by atoms with Crippen LogP contribution in [0.15, 0.2) is 24.3 Å². The minimum absolute atomic E-state index is 0.130. The van der Waals surface area contributed by atoms with E-state index >= 15 is 0 Å². The van der Waals surface area contributed by atoms with Crippen molar-refractivity contribution in [2.24, 2.45) is 0 Å². The number of hydrogen-bond acceptors (Lipinski definition) is 3. The van der Waals surface area contributed by atoms with Gasteiger partial charge in [0.15, 0.2) is 6.10 Å². The fourth-order valence-electron chi connectivity index (χ4n) is 2.34. The number of carbonyl (C=O) groups is 2. The van der Waals surface area contributed by atoms with Crippen molar-refractivity contribution in [1.82, 2.24) is 5.32 Å². The van der Waals surface area contributed by atoms with Crippen LogP contribution >= 0.6 is 0 Å². The first kappa shape index (κ1) is 14.5. The van der Waals surface area contributed by atoms with E-state index in [1.165, 1.54) is 0 Å². The lowest BCUT2D eigenvalue weighted by molar-refractivity contribution is -0.151. The van der Waals surface area contributed by atoms with Gasteiger partial charge in [-0.3, -0.25) is 4.79 Å². The Morgan fingerprint density at radius 3 is 2.65 bits per heavy atom. The zero-order valence-electron chi connectivity index (χ0n) is 11.6. The van der Waals surface area contributed by atoms with Crippen LogP contribution in [0.1, 0.15) is 36.9 Å². The van der Waals surface area contributed by atoms with Crippen molar-refractivity contribution >= 4 is 11.9 Å². The molecule has 3 atom stereocenters. The van der Waals surface area contributed by atoms with E-state index in [0.717, 1.165) is 11.1 Å². The third-order valence-corrected chi connectivity index (χ3v) is 3.49. The van der Waals surface area contributed by atoms with E-state index < -0.39 is 18.2 Å². The molecule has 1 aliphatic heterocycles. The molecule has 2 N–H and O–H groups in total. The highest BCUT2D eigenvalue weighted by atomic mass is 16.5. The van der Waals surface area contributed by atoms with Gasteiger partial charge in [0.1, 0.15) is 6.10 Å². The molecular weight excluding hydrogens is 258 g/mol. The van der Waals surface area contributed by atoms with Crippen molar-refractivity contribution < 1.29 is 19.4 Å². The summed E-state index contributed by atoms with van der Waals surface area (Å²) in [6, 6.07) is 7.78. The van der Waals surface area contributed by atoms with Gasteiger partial charge < -0.3 is 15.2 Å². The smallest absolute Gasteiger partial charge is 0.332 e. The monoisotopic (exact) mass is 277 g/mol. The van der Waals surface area contributed by atoms with Crippen LogP contribution in [-0.4, -0.2) is 29.2 Å². The largest absolute Gasteiger partial charge is 0.479 e. The molecule has 108 valence electrons. The van der Waals surface area contributed by atoms with E-state index in [2.05, 4.69) is 5.32 Å². The number of nitrogens with one attached hydrogen (secondary N) is 1. The molecular formula is C15H19NO4. The maximum Gasteiger partial charge on any atom is 0.332 e. The van der Waals surface area contributed by atoms with Crippen LogP contribution in [0.25, 0.3) is 0 Å². The average molecular weight is 277 g/mol. The topological polar surface area (TPSA) is 75.6 Å². The minimum atomic E-state index is -1.01. The summed E-state index contributed by atoms with van der Waals surface area (Å²) >= 11 is 0. The maximum atomic E-state index is 12.1. The Bertz CT molecular complexity index is 514. The molecule has 0 bridgehead atoms. The van der Waals surface area contributed by atoms with Crippen LogP contribution in [0, 0.1) is 6.92 Å². The van der Waals surface area contributed by atoms with Crippen molar-refractivity contribution in [3.05, 3.63) is 35.4 Å². The third-order valence-electron chi connectivity index (χ3n) is 3.49. The van der Waals surface area contributed by atoms with Crippen molar-refractivity contribution in [1.29, 1.82) is 0 Å². The zero-order chi connectivity index (χ0) is 14.7. The molecule has 1 heterocycles. The summed E-state index contributed by atoms with van der Waals surface area (Å²) in [7, 11) is 0. The van der Waals surface area contributed by atoms with Gasteiger partial charge in [0, 0.05) is 0 Å². The van der Waals surface area contributed by atoms with Crippen LogP contribution in [0.2, 0.25) is 0 Å². The zero-order valence-corrected chi connectivity index (χ0v) is 11.6. The Balaban J connectivity index is 1.93. The van der Waals surface area contributed by atoms with Crippen LogP contribution < -0.4 is 5.32 Å². The number of aryl methyl sites for hydroxylation is 1. The van der Waals surface area contributed by atoms with E-state index in [9.17, 15) is 9.59 Å². The maximum absolute atomic E-state index is 12.1. The molecule has 2 unspecified atom stereocenters. The predicted octanol–water partition coefficient (Wildman–Crippen LogP) is 1.80. The van der Waals surface area contributed by atoms with E-state index in [0.29, 0.717) is 12.8 Å². The highest BCUT2D eigenvalue weighted by Crippen LogP contribution is 2.21. The second-order valence-electron chi connectivity index (χ2n) is 5.17. The van der Waals surface area contributed by atoms with E-state index in [1.807, 2.05) is 38.1 Å². The van der Waals surface area contributed by atoms with Gasteiger partial charge in [-0.25, -0.2) is 4.79 Å². The number of amides is 1. The standard InChI is InChI=1S/C15H19NO4/c1-9-4-3-5-11(8-9)10(2)16-14(17)12-6-7-13(20-12)15(18)19/h3-5,8,10,12-13H,6-7H2,1-2H3,(H,16,17)(H,18,19)/t10-,12?,13?/m1/s1. The van der Waals surface area contributed by atoms with Crippen LogP contribution in [-0.2, 0) is 14.3 Å². The van der Waals surface area contributed by atoms with Crippen LogP contribution in [0.3, 0.4) is 0 Å². The predicted molar refractivity (Wildman–Crippen MR) is 73.3 cm³/mol. The molecule has 0 aliphatic carbocycles. The van der Waals surface area contributed by atoms with Crippen LogP contribution in [0.4, 0.5) is 0 Å². The Hall–Kier alpha value is -1.88. The normalized spacial score (nSPS) is 23.3. The van der Waals surface area contributed by atoms with Crippen LogP contribution in [0.5, 0.6) is 0 Å². The lowest BCUT2D eigenvalue weighted by Gasteiger charge is -2.18. The van der Waals surface area contributed by atoms with Gasteiger partial charge in [0.25, 0.3) is 0 Å². The number of carboxylic acid groups (broad SMARTS) is 1. The quantitative estimate of drug-likeness (QED) is 0.880. The fraction of sp³-hybridized carbons (Fsp3) is 0.467. The molecule has 1 aromatic rings.